The number of aryl methyl sites for hydroxylation is 2. The Labute approximate surface area is 129 Å². The van der Waals surface area contributed by atoms with Crippen LogP contribution in [0, 0.1) is 19.8 Å². The number of likely N-dealkylation sites (tertiary alicyclic amines) is 1. The van der Waals surface area contributed by atoms with Gasteiger partial charge in [0.15, 0.2) is 0 Å². The number of aromatic nitrogens is 3. The van der Waals surface area contributed by atoms with E-state index >= 15 is 0 Å². The van der Waals surface area contributed by atoms with Crippen LogP contribution in [-0.4, -0.2) is 32.7 Å². The minimum Gasteiger partial charge on any atom is -0.361 e. The highest BCUT2D eigenvalue weighted by molar-refractivity contribution is 5.03. The van der Waals surface area contributed by atoms with E-state index < -0.39 is 0 Å². The van der Waals surface area contributed by atoms with Crippen molar-refractivity contribution in [1.82, 2.24) is 19.6 Å². The summed E-state index contributed by atoms with van der Waals surface area (Å²) in [6, 6.07) is 1.99. The van der Waals surface area contributed by atoms with E-state index in [-0.39, 0.29) is 5.56 Å². The molecule has 1 saturated heterocycles. The largest absolute Gasteiger partial charge is 0.361 e. The summed E-state index contributed by atoms with van der Waals surface area (Å²) in [5.74, 6) is 1.40. The van der Waals surface area contributed by atoms with E-state index in [0.29, 0.717) is 11.5 Å². The molecule has 3 rings (SSSR count). The Bertz CT molecular complexity index is 683. The van der Waals surface area contributed by atoms with Crippen molar-refractivity contribution in [3.63, 3.8) is 0 Å². The lowest BCUT2D eigenvalue weighted by Gasteiger charge is -2.31. The molecule has 2 aromatic heterocycles. The van der Waals surface area contributed by atoms with E-state index in [1.165, 1.54) is 0 Å². The molecule has 2 aromatic rings. The van der Waals surface area contributed by atoms with Gasteiger partial charge in [-0.15, -0.1) is 0 Å². The quantitative estimate of drug-likeness (QED) is 0.861. The van der Waals surface area contributed by atoms with Crippen molar-refractivity contribution in [2.24, 2.45) is 5.92 Å². The van der Waals surface area contributed by atoms with E-state index in [9.17, 15) is 4.79 Å². The minimum atomic E-state index is 0.0792. The normalized spacial score (nSPS) is 17.0. The van der Waals surface area contributed by atoms with E-state index in [0.717, 1.165) is 50.5 Å². The van der Waals surface area contributed by atoms with Crippen LogP contribution in [-0.2, 0) is 13.1 Å². The average Bonchev–Trinajstić information content (AvgIpc) is 2.91. The van der Waals surface area contributed by atoms with Crippen molar-refractivity contribution in [3.8, 4) is 0 Å². The summed E-state index contributed by atoms with van der Waals surface area (Å²) in [4.78, 5) is 18.6. The van der Waals surface area contributed by atoms with Gasteiger partial charge in [0.25, 0.3) is 5.56 Å². The topological polar surface area (TPSA) is 64.2 Å². The third-order valence-electron chi connectivity index (χ3n) is 4.30. The summed E-state index contributed by atoms with van der Waals surface area (Å²) in [5, 5.41) is 4.05. The fourth-order valence-electron chi connectivity index (χ4n) is 3.02. The molecule has 6 heteroatoms. The molecule has 0 saturated carbocycles. The molecule has 0 radical (unpaired) electrons. The number of hydrogen-bond donors (Lipinski definition) is 0. The molecule has 22 heavy (non-hydrogen) atoms. The minimum absolute atomic E-state index is 0.0792. The number of nitrogens with zero attached hydrogens (tertiary/aromatic N) is 4. The molecule has 0 bridgehead atoms. The molecule has 1 aliphatic rings. The van der Waals surface area contributed by atoms with Crippen LogP contribution in [0.4, 0.5) is 0 Å². The zero-order chi connectivity index (χ0) is 15.5. The monoisotopic (exact) mass is 302 g/mol. The van der Waals surface area contributed by atoms with Crippen LogP contribution in [0.2, 0.25) is 0 Å². The van der Waals surface area contributed by atoms with Crippen LogP contribution in [0.3, 0.4) is 0 Å². The van der Waals surface area contributed by atoms with E-state index in [4.69, 9.17) is 4.52 Å². The molecule has 0 spiro atoms. The first-order valence-corrected chi connectivity index (χ1v) is 7.77. The number of piperidine rings is 1. The maximum Gasteiger partial charge on any atom is 0.256 e. The van der Waals surface area contributed by atoms with Gasteiger partial charge in [-0.25, -0.2) is 4.98 Å². The molecule has 0 unspecified atom stereocenters. The Balaban J connectivity index is 1.53. The third kappa shape index (κ3) is 3.44. The van der Waals surface area contributed by atoms with Crippen LogP contribution >= 0.6 is 0 Å². The van der Waals surface area contributed by atoms with Crippen molar-refractivity contribution in [2.45, 2.75) is 39.8 Å². The summed E-state index contributed by atoms with van der Waals surface area (Å²) in [6.45, 7) is 7.40. The van der Waals surface area contributed by atoms with Crippen molar-refractivity contribution in [2.75, 3.05) is 13.1 Å². The van der Waals surface area contributed by atoms with Gasteiger partial charge in [0.05, 0.1) is 12.0 Å². The van der Waals surface area contributed by atoms with Gasteiger partial charge >= 0.3 is 0 Å². The molecule has 0 amide bonds. The first-order valence-electron chi connectivity index (χ1n) is 7.77. The van der Waals surface area contributed by atoms with Crippen molar-refractivity contribution >= 4 is 0 Å². The van der Waals surface area contributed by atoms with E-state index in [1.54, 1.807) is 17.1 Å². The highest BCUT2D eigenvalue weighted by atomic mass is 16.5. The van der Waals surface area contributed by atoms with Gasteiger partial charge in [-0.2, -0.15) is 0 Å². The van der Waals surface area contributed by atoms with Crippen LogP contribution in [0.15, 0.2) is 27.9 Å². The maximum atomic E-state index is 12.0. The fourth-order valence-corrected chi connectivity index (χ4v) is 3.02. The predicted octanol–water partition coefficient (Wildman–Crippen LogP) is 1.76. The summed E-state index contributed by atoms with van der Waals surface area (Å²) in [5.41, 5.74) is 1.78. The highest BCUT2D eigenvalue weighted by Gasteiger charge is 2.21. The molecule has 1 fully saturated rings. The van der Waals surface area contributed by atoms with E-state index in [2.05, 4.69) is 15.0 Å². The number of rotatable bonds is 4. The molecular weight excluding hydrogens is 280 g/mol. The zero-order valence-electron chi connectivity index (χ0n) is 13.2. The Morgan fingerprint density at radius 1 is 1.32 bits per heavy atom. The molecule has 0 aliphatic carbocycles. The number of hydrogen-bond acceptors (Lipinski definition) is 5. The summed E-state index contributed by atoms with van der Waals surface area (Å²) >= 11 is 0. The zero-order valence-corrected chi connectivity index (χ0v) is 13.2. The SMILES string of the molecule is Cc1cc(CN2CCC(Cn3cncc(C)c3=O)CC2)no1. The maximum absolute atomic E-state index is 12.0. The molecule has 1 aliphatic heterocycles. The fraction of sp³-hybridized carbons (Fsp3) is 0.562. The smallest absolute Gasteiger partial charge is 0.256 e. The van der Waals surface area contributed by atoms with Crippen molar-refractivity contribution < 1.29 is 4.52 Å². The molecule has 3 heterocycles. The van der Waals surface area contributed by atoms with Gasteiger partial charge in [0.2, 0.25) is 0 Å². The molecule has 0 aromatic carbocycles. The van der Waals surface area contributed by atoms with Gasteiger partial charge in [0.1, 0.15) is 5.76 Å². The second-order valence-corrected chi connectivity index (χ2v) is 6.18. The van der Waals surface area contributed by atoms with Crippen molar-refractivity contribution in [3.05, 3.63) is 46.0 Å². The van der Waals surface area contributed by atoms with Gasteiger partial charge in [-0.3, -0.25) is 14.3 Å². The van der Waals surface area contributed by atoms with Crippen LogP contribution < -0.4 is 5.56 Å². The Morgan fingerprint density at radius 3 is 2.77 bits per heavy atom. The lowest BCUT2D eigenvalue weighted by atomic mass is 9.96. The van der Waals surface area contributed by atoms with E-state index in [1.807, 2.05) is 19.9 Å². The lowest BCUT2D eigenvalue weighted by Crippen LogP contribution is -2.36. The summed E-state index contributed by atoms with van der Waals surface area (Å²) < 4.78 is 6.86. The van der Waals surface area contributed by atoms with Gasteiger partial charge in [0, 0.05) is 30.9 Å². The highest BCUT2D eigenvalue weighted by Crippen LogP contribution is 2.20. The summed E-state index contributed by atoms with van der Waals surface area (Å²) in [7, 11) is 0. The van der Waals surface area contributed by atoms with Gasteiger partial charge in [-0.1, -0.05) is 5.16 Å². The van der Waals surface area contributed by atoms with Crippen LogP contribution in [0.5, 0.6) is 0 Å². The molecular formula is C16H22N4O2. The molecule has 0 atom stereocenters. The van der Waals surface area contributed by atoms with Crippen LogP contribution in [0.25, 0.3) is 0 Å². The molecule has 6 nitrogen and oxygen atoms in total. The molecule has 0 N–H and O–H groups in total. The van der Waals surface area contributed by atoms with Gasteiger partial charge < -0.3 is 4.52 Å². The summed E-state index contributed by atoms with van der Waals surface area (Å²) in [6.07, 6.45) is 5.47. The standard InChI is InChI=1S/C16H22N4O2/c1-12-8-17-11-20(16(12)21)9-14-3-5-19(6-4-14)10-15-7-13(2)22-18-15/h7-8,11,14H,3-6,9-10H2,1-2H3. The lowest BCUT2D eigenvalue weighted by molar-refractivity contribution is 0.163. The van der Waals surface area contributed by atoms with Crippen LogP contribution in [0.1, 0.15) is 29.9 Å². The Morgan fingerprint density at radius 2 is 2.09 bits per heavy atom. The van der Waals surface area contributed by atoms with Crippen molar-refractivity contribution in [1.29, 1.82) is 0 Å². The predicted molar refractivity (Wildman–Crippen MR) is 82.5 cm³/mol. The first-order chi connectivity index (χ1) is 10.6. The average molecular weight is 302 g/mol. The first kappa shape index (κ1) is 15.0. The Kier molecular flexibility index (Phi) is 4.38. The molecule has 118 valence electrons. The third-order valence-corrected chi connectivity index (χ3v) is 4.30. The Hall–Kier alpha value is -1.95. The second kappa shape index (κ2) is 6.44. The van der Waals surface area contributed by atoms with Gasteiger partial charge in [-0.05, 0) is 45.7 Å². The second-order valence-electron chi connectivity index (χ2n) is 6.18.